The molecule has 18 heavy (non-hydrogen) atoms. The van der Waals surface area contributed by atoms with Crippen LogP contribution >= 0.6 is 0 Å². The van der Waals surface area contributed by atoms with Crippen molar-refractivity contribution in [3.8, 4) is 0 Å². The largest absolute Gasteiger partial charge is 0.377 e. The summed E-state index contributed by atoms with van der Waals surface area (Å²) in [5.41, 5.74) is 2.20. The number of hydrogen-bond donors (Lipinski definition) is 0. The highest BCUT2D eigenvalue weighted by Gasteiger charge is 2.49. The molecule has 0 saturated heterocycles. The Balaban J connectivity index is 2.22. The van der Waals surface area contributed by atoms with E-state index in [1.165, 1.54) is 5.57 Å². The van der Waals surface area contributed by atoms with Crippen LogP contribution in [0.2, 0.25) is 0 Å². The molecule has 2 fully saturated rings. The maximum absolute atomic E-state index is 12.3. The van der Waals surface area contributed by atoms with E-state index in [9.17, 15) is 4.79 Å². The molecule has 0 amide bonds. The molecule has 2 aliphatic rings. The van der Waals surface area contributed by atoms with Crippen molar-refractivity contribution in [3.63, 3.8) is 0 Å². The van der Waals surface area contributed by atoms with E-state index < -0.39 is 0 Å². The Labute approximate surface area is 110 Å². The number of carbonyl (C=O) groups is 1. The van der Waals surface area contributed by atoms with E-state index in [1.54, 1.807) is 7.11 Å². The van der Waals surface area contributed by atoms with Gasteiger partial charge in [-0.3, -0.25) is 4.79 Å². The molecule has 0 radical (unpaired) electrons. The van der Waals surface area contributed by atoms with E-state index in [2.05, 4.69) is 27.0 Å². The first kappa shape index (κ1) is 13.5. The van der Waals surface area contributed by atoms with Crippen LogP contribution in [-0.2, 0) is 9.53 Å². The summed E-state index contributed by atoms with van der Waals surface area (Å²) in [6.45, 7) is 12.7. The number of rotatable bonds is 1. The second kappa shape index (κ2) is 4.65. The van der Waals surface area contributed by atoms with Crippen molar-refractivity contribution >= 4 is 5.78 Å². The number of carbonyl (C=O) groups excluding carboxylic acids is 1. The number of fused-ring (bicyclic) bond motifs is 1. The summed E-state index contributed by atoms with van der Waals surface area (Å²) in [5.74, 6) is 1.14. The summed E-state index contributed by atoms with van der Waals surface area (Å²) < 4.78 is 5.39. The summed E-state index contributed by atoms with van der Waals surface area (Å²) in [4.78, 5) is 12.3. The lowest BCUT2D eigenvalue weighted by atomic mass is 9.52. The van der Waals surface area contributed by atoms with Gasteiger partial charge < -0.3 is 4.74 Å². The maximum Gasteiger partial charge on any atom is 0.161 e. The lowest BCUT2D eigenvalue weighted by Crippen LogP contribution is -2.45. The zero-order valence-corrected chi connectivity index (χ0v) is 11.8. The smallest absolute Gasteiger partial charge is 0.161 e. The molecule has 0 aromatic rings. The summed E-state index contributed by atoms with van der Waals surface area (Å²) in [7, 11) is 1.66. The Morgan fingerprint density at radius 3 is 2.56 bits per heavy atom. The number of ketones is 1. The van der Waals surface area contributed by atoms with Crippen molar-refractivity contribution in [3.05, 3.63) is 24.3 Å². The molecule has 0 aliphatic heterocycles. The van der Waals surface area contributed by atoms with Crippen LogP contribution in [0.15, 0.2) is 24.3 Å². The predicted molar refractivity (Wildman–Crippen MR) is 73.3 cm³/mol. The monoisotopic (exact) mass is 248 g/mol. The average molecular weight is 248 g/mol. The molecule has 2 saturated carbocycles. The molecule has 2 heteroatoms. The van der Waals surface area contributed by atoms with Crippen molar-refractivity contribution in [2.75, 3.05) is 7.11 Å². The Morgan fingerprint density at radius 2 is 2.00 bits per heavy atom. The van der Waals surface area contributed by atoms with Gasteiger partial charge in [-0.05, 0) is 36.5 Å². The third kappa shape index (κ3) is 2.18. The third-order valence-corrected chi connectivity index (χ3v) is 4.92. The molecular weight excluding hydrogens is 224 g/mol. The number of Topliss-reactive ketones (excluding diaryl/α,β-unsaturated/α-hetero) is 1. The Hall–Kier alpha value is -0.890. The van der Waals surface area contributed by atoms with Crippen LogP contribution in [0.4, 0.5) is 0 Å². The molecule has 3 atom stereocenters. The predicted octanol–water partition coefficient (Wildman–Crippen LogP) is 3.53. The Morgan fingerprint density at radius 1 is 1.33 bits per heavy atom. The number of allylic oxidation sites excluding steroid dienone is 1. The molecule has 2 rings (SSSR count). The van der Waals surface area contributed by atoms with Gasteiger partial charge in [0.25, 0.3) is 0 Å². The van der Waals surface area contributed by atoms with E-state index in [1.807, 2.05) is 0 Å². The van der Waals surface area contributed by atoms with E-state index in [0.29, 0.717) is 23.8 Å². The normalized spacial score (nSPS) is 36.2. The first-order valence-electron chi connectivity index (χ1n) is 6.79. The standard InChI is InChI=1S/C16H24O2/c1-10-6-7-15(18-5)11(2)14(17)8-13-12(10)9-16(13,3)4/h12-13,15H,1-2,6-9H2,3-5H3/t12-,13-,15+/m1/s1. The summed E-state index contributed by atoms with van der Waals surface area (Å²) in [6.07, 6.45) is 3.42. The minimum atomic E-state index is -0.130. The minimum absolute atomic E-state index is 0.130. The van der Waals surface area contributed by atoms with Crippen molar-refractivity contribution in [2.24, 2.45) is 17.3 Å². The summed E-state index contributed by atoms with van der Waals surface area (Å²) >= 11 is 0. The van der Waals surface area contributed by atoms with Crippen molar-refractivity contribution < 1.29 is 9.53 Å². The first-order valence-corrected chi connectivity index (χ1v) is 6.79. The van der Waals surface area contributed by atoms with Gasteiger partial charge in [-0.1, -0.05) is 32.6 Å². The van der Waals surface area contributed by atoms with Crippen LogP contribution in [-0.4, -0.2) is 19.0 Å². The third-order valence-electron chi connectivity index (χ3n) is 4.92. The minimum Gasteiger partial charge on any atom is -0.377 e. The van der Waals surface area contributed by atoms with Gasteiger partial charge in [0.2, 0.25) is 0 Å². The highest BCUT2D eigenvalue weighted by atomic mass is 16.5. The topological polar surface area (TPSA) is 26.3 Å². The molecule has 0 bridgehead atoms. The highest BCUT2D eigenvalue weighted by molar-refractivity contribution is 5.96. The molecule has 2 aliphatic carbocycles. The SMILES string of the molecule is C=C1C(=O)C[C@@H]2[C@H](CC2(C)C)C(=C)CC[C@@H]1OC. The lowest BCUT2D eigenvalue weighted by molar-refractivity contribution is -0.121. The molecule has 0 aromatic carbocycles. The van der Waals surface area contributed by atoms with Crippen LogP contribution in [0.3, 0.4) is 0 Å². The van der Waals surface area contributed by atoms with Gasteiger partial charge >= 0.3 is 0 Å². The molecule has 100 valence electrons. The van der Waals surface area contributed by atoms with E-state index in [4.69, 9.17) is 4.74 Å². The van der Waals surface area contributed by atoms with Crippen LogP contribution < -0.4 is 0 Å². The van der Waals surface area contributed by atoms with Crippen LogP contribution in [0, 0.1) is 17.3 Å². The first-order chi connectivity index (χ1) is 8.36. The second-order valence-electron chi connectivity index (χ2n) is 6.48. The molecular formula is C16H24O2. The fraction of sp³-hybridized carbons (Fsp3) is 0.688. The maximum atomic E-state index is 12.3. The van der Waals surface area contributed by atoms with Crippen LogP contribution in [0.1, 0.15) is 39.5 Å². The number of ether oxygens (including phenoxy) is 1. The van der Waals surface area contributed by atoms with E-state index >= 15 is 0 Å². The number of hydrogen-bond acceptors (Lipinski definition) is 2. The zero-order chi connectivity index (χ0) is 13.5. The zero-order valence-electron chi connectivity index (χ0n) is 11.8. The van der Waals surface area contributed by atoms with Crippen LogP contribution in [0.5, 0.6) is 0 Å². The lowest BCUT2D eigenvalue weighted by Gasteiger charge is -2.52. The summed E-state index contributed by atoms with van der Waals surface area (Å²) in [6, 6.07) is 0. The number of methoxy groups -OCH3 is 1. The van der Waals surface area contributed by atoms with Gasteiger partial charge in [-0.2, -0.15) is 0 Å². The fourth-order valence-electron chi connectivity index (χ4n) is 3.54. The van der Waals surface area contributed by atoms with Crippen molar-refractivity contribution in [1.82, 2.24) is 0 Å². The van der Waals surface area contributed by atoms with E-state index in [0.717, 1.165) is 19.3 Å². The fourth-order valence-corrected chi connectivity index (χ4v) is 3.54. The highest BCUT2D eigenvalue weighted by Crippen LogP contribution is 2.56. The quantitative estimate of drug-likeness (QED) is 0.524. The molecule has 0 unspecified atom stereocenters. The molecule has 0 heterocycles. The van der Waals surface area contributed by atoms with Crippen molar-refractivity contribution in [2.45, 2.75) is 45.6 Å². The van der Waals surface area contributed by atoms with Gasteiger partial charge in [-0.25, -0.2) is 0 Å². The molecule has 2 nitrogen and oxygen atoms in total. The summed E-state index contributed by atoms with van der Waals surface area (Å²) in [5, 5.41) is 0. The van der Waals surface area contributed by atoms with Crippen molar-refractivity contribution in [1.29, 1.82) is 0 Å². The Bertz CT molecular complexity index is 392. The molecule has 0 spiro atoms. The Kier molecular flexibility index (Phi) is 3.50. The second-order valence-corrected chi connectivity index (χ2v) is 6.48. The average Bonchev–Trinajstić information content (AvgIpc) is 2.35. The van der Waals surface area contributed by atoms with Gasteiger partial charge in [0.1, 0.15) is 0 Å². The van der Waals surface area contributed by atoms with Gasteiger partial charge in [0.05, 0.1) is 6.10 Å². The van der Waals surface area contributed by atoms with Gasteiger partial charge in [0.15, 0.2) is 5.78 Å². The van der Waals surface area contributed by atoms with Crippen LogP contribution in [0.25, 0.3) is 0 Å². The van der Waals surface area contributed by atoms with E-state index in [-0.39, 0.29) is 17.3 Å². The molecule has 0 aromatic heterocycles. The van der Waals surface area contributed by atoms with Gasteiger partial charge in [0, 0.05) is 19.1 Å². The molecule has 0 N–H and O–H groups in total. The van der Waals surface area contributed by atoms with Gasteiger partial charge in [-0.15, -0.1) is 0 Å².